The maximum atomic E-state index is 12.1. The van der Waals surface area contributed by atoms with E-state index in [0.717, 1.165) is 19.4 Å². The molecular formula is C12H19N3O3. The molecule has 0 spiro atoms. The van der Waals surface area contributed by atoms with Crippen molar-refractivity contribution in [3.63, 3.8) is 0 Å². The number of carbonyl (C=O) groups is 1. The van der Waals surface area contributed by atoms with E-state index in [1.54, 1.807) is 0 Å². The number of nitrogens with zero attached hydrogens (tertiary/aromatic N) is 3. The van der Waals surface area contributed by atoms with Crippen LogP contribution in [0.15, 0.2) is 10.9 Å². The summed E-state index contributed by atoms with van der Waals surface area (Å²) in [6.07, 6.45) is 3.11. The lowest BCUT2D eigenvalue weighted by atomic mass is 10.1. The Morgan fingerprint density at radius 1 is 1.61 bits per heavy atom. The molecule has 2 rings (SSSR count). The van der Waals surface area contributed by atoms with E-state index in [4.69, 9.17) is 9.26 Å². The number of rotatable bonds is 3. The van der Waals surface area contributed by atoms with Gasteiger partial charge < -0.3 is 9.26 Å². The molecule has 1 aromatic rings. The van der Waals surface area contributed by atoms with E-state index < -0.39 is 5.60 Å². The van der Waals surface area contributed by atoms with Gasteiger partial charge in [0.05, 0.1) is 6.54 Å². The Kier molecular flexibility index (Phi) is 3.65. The molecule has 1 saturated heterocycles. The van der Waals surface area contributed by atoms with Gasteiger partial charge in [0.2, 0.25) is 6.39 Å². The molecule has 0 saturated carbocycles. The number of likely N-dealkylation sites (tertiary alicyclic amines) is 1. The first-order chi connectivity index (χ1) is 8.46. The molecule has 0 aliphatic carbocycles. The predicted octanol–water partition coefficient (Wildman–Crippen LogP) is 1.38. The first kappa shape index (κ1) is 13.0. The lowest BCUT2D eigenvalue weighted by molar-refractivity contribution is -0.160. The standard InChI is InChI=1S/C12H19N3O3/c1-12(2,3)18-11(16)9-5-4-6-15(9)7-10-13-8-17-14-10/h8-9H,4-7H2,1-3H3/t9-/m1/s1. The van der Waals surface area contributed by atoms with Crippen LogP contribution in [0.5, 0.6) is 0 Å². The van der Waals surface area contributed by atoms with Crippen LogP contribution in [0.4, 0.5) is 0 Å². The van der Waals surface area contributed by atoms with Crippen LogP contribution in [0, 0.1) is 0 Å². The second-order valence-electron chi connectivity index (χ2n) is 5.51. The van der Waals surface area contributed by atoms with Gasteiger partial charge in [0.1, 0.15) is 11.6 Å². The topological polar surface area (TPSA) is 68.5 Å². The summed E-state index contributed by atoms with van der Waals surface area (Å²) in [4.78, 5) is 18.1. The zero-order chi connectivity index (χ0) is 13.2. The van der Waals surface area contributed by atoms with E-state index in [1.165, 1.54) is 6.39 Å². The number of carbonyl (C=O) groups excluding carboxylic acids is 1. The van der Waals surface area contributed by atoms with Crippen molar-refractivity contribution >= 4 is 5.97 Å². The Bertz CT molecular complexity index is 397. The lowest BCUT2D eigenvalue weighted by Crippen LogP contribution is -2.40. The maximum Gasteiger partial charge on any atom is 0.323 e. The Hall–Kier alpha value is -1.43. The second-order valence-corrected chi connectivity index (χ2v) is 5.51. The highest BCUT2D eigenvalue weighted by Crippen LogP contribution is 2.22. The highest BCUT2D eigenvalue weighted by Gasteiger charge is 2.34. The number of aromatic nitrogens is 2. The molecule has 1 aromatic heterocycles. The summed E-state index contributed by atoms with van der Waals surface area (Å²) in [7, 11) is 0. The summed E-state index contributed by atoms with van der Waals surface area (Å²) in [6, 6.07) is -0.192. The van der Waals surface area contributed by atoms with Crippen LogP contribution in [-0.2, 0) is 16.1 Å². The van der Waals surface area contributed by atoms with E-state index in [2.05, 4.69) is 10.1 Å². The molecule has 18 heavy (non-hydrogen) atoms. The molecule has 2 heterocycles. The molecule has 1 atom stereocenters. The van der Waals surface area contributed by atoms with Crippen molar-refractivity contribution in [1.82, 2.24) is 15.0 Å². The van der Waals surface area contributed by atoms with Crippen molar-refractivity contribution in [2.45, 2.75) is 51.8 Å². The first-order valence-corrected chi connectivity index (χ1v) is 6.18. The van der Waals surface area contributed by atoms with Crippen LogP contribution in [0.1, 0.15) is 39.4 Å². The summed E-state index contributed by atoms with van der Waals surface area (Å²) in [5.74, 6) is 0.439. The average Bonchev–Trinajstić information content (AvgIpc) is 2.86. The van der Waals surface area contributed by atoms with Gasteiger partial charge in [-0.15, -0.1) is 0 Å². The third kappa shape index (κ3) is 3.29. The number of hydrogen-bond donors (Lipinski definition) is 0. The van der Waals surface area contributed by atoms with Gasteiger partial charge in [-0.1, -0.05) is 5.16 Å². The highest BCUT2D eigenvalue weighted by atomic mass is 16.6. The number of ether oxygens (including phenoxy) is 1. The molecule has 100 valence electrons. The van der Waals surface area contributed by atoms with Crippen LogP contribution in [0.25, 0.3) is 0 Å². The van der Waals surface area contributed by atoms with E-state index in [-0.39, 0.29) is 12.0 Å². The Balaban J connectivity index is 1.97. The second kappa shape index (κ2) is 5.06. The van der Waals surface area contributed by atoms with Crippen LogP contribution in [0.2, 0.25) is 0 Å². The van der Waals surface area contributed by atoms with Crippen LogP contribution in [0.3, 0.4) is 0 Å². The third-order valence-corrected chi connectivity index (χ3v) is 2.79. The molecule has 1 aliphatic heterocycles. The molecule has 0 bridgehead atoms. The summed E-state index contributed by atoms with van der Waals surface area (Å²) >= 11 is 0. The van der Waals surface area contributed by atoms with Crippen molar-refractivity contribution in [3.05, 3.63) is 12.2 Å². The highest BCUT2D eigenvalue weighted by molar-refractivity contribution is 5.76. The Morgan fingerprint density at radius 2 is 2.39 bits per heavy atom. The molecule has 1 aliphatic rings. The lowest BCUT2D eigenvalue weighted by Gasteiger charge is -2.26. The molecule has 6 heteroatoms. The van der Waals surface area contributed by atoms with E-state index in [0.29, 0.717) is 12.4 Å². The van der Waals surface area contributed by atoms with Gasteiger partial charge in [-0.3, -0.25) is 9.69 Å². The van der Waals surface area contributed by atoms with Gasteiger partial charge in [0, 0.05) is 0 Å². The van der Waals surface area contributed by atoms with Gasteiger partial charge in [-0.05, 0) is 40.2 Å². The fraction of sp³-hybridized carbons (Fsp3) is 0.750. The summed E-state index contributed by atoms with van der Waals surface area (Å²) in [5, 5.41) is 3.77. The van der Waals surface area contributed by atoms with Crippen LogP contribution in [-0.4, -0.2) is 39.2 Å². The minimum atomic E-state index is -0.447. The smallest absolute Gasteiger partial charge is 0.323 e. The van der Waals surface area contributed by atoms with E-state index in [1.807, 2.05) is 25.7 Å². The minimum Gasteiger partial charge on any atom is -0.459 e. The third-order valence-electron chi connectivity index (χ3n) is 2.79. The number of hydrogen-bond acceptors (Lipinski definition) is 6. The van der Waals surface area contributed by atoms with Gasteiger partial charge in [0.15, 0.2) is 5.82 Å². The minimum absolute atomic E-state index is 0.163. The monoisotopic (exact) mass is 253 g/mol. The largest absolute Gasteiger partial charge is 0.459 e. The fourth-order valence-corrected chi connectivity index (χ4v) is 2.10. The number of esters is 1. The zero-order valence-corrected chi connectivity index (χ0v) is 11.0. The normalized spacial score (nSPS) is 21.2. The molecule has 0 N–H and O–H groups in total. The van der Waals surface area contributed by atoms with Gasteiger partial charge >= 0.3 is 5.97 Å². The molecule has 1 fully saturated rings. The Labute approximate surface area is 106 Å². The maximum absolute atomic E-state index is 12.1. The van der Waals surface area contributed by atoms with Crippen molar-refractivity contribution in [2.75, 3.05) is 6.54 Å². The van der Waals surface area contributed by atoms with E-state index in [9.17, 15) is 4.79 Å². The molecule has 0 unspecified atom stereocenters. The van der Waals surface area contributed by atoms with Crippen molar-refractivity contribution in [2.24, 2.45) is 0 Å². The molecular weight excluding hydrogens is 234 g/mol. The van der Waals surface area contributed by atoms with Gasteiger partial charge in [-0.25, -0.2) is 0 Å². The predicted molar refractivity (Wildman–Crippen MR) is 63.6 cm³/mol. The zero-order valence-electron chi connectivity index (χ0n) is 11.0. The average molecular weight is 253 g/mol. The summed E-state index contributed by atoms with van der Waals surface area (Å²) < 4.78 is 10.1. The van der Waals surface area contributed by atoms with Gasteiger partial charge in [-0.2, -0.15) is 4.98 Å². The summed E-state index contributed by atoms with van der Waals surface area (Å²) in [6.45, 7) is 7.02. The van der Waals surface area contributed by atoms with Gasteiger partial charge in [0.25, 0.3) is 0 Å². The fourth-order valence-electron chi connectivity index (χ4n) is 2.10. The Morgan fingerprint density at radius 3 is 3.00 bits per heavy atom. The quantitative estimate of drug-likeness (QED) is 0.758. The molecule has 0 radical (unpaired) electrons. The first-order valence-electron chi connectivity index (χ1n) is 6.18. The molecule has 0 aromatic carbocycles. The van der Waals surface area contributed by atoms with Crippen molar-refractivity contribution in [1.29, 1.82) is 0 Å². The SMILES string of the molecule is CC(C)(C)OC(=O)[C@H]1CCCN1Cc1ncon1. The van der Waals surface area contributed by atoms with E-state index >= 15 is 0 Å². The van der Waals surface area contributed by atoms with Crippen molar-refractivity contribution < 1.29 is 14.1 Å². The summed E-state index contributed by atoms with van der Waals surface area (Å²) in [5.41, 5.74) is -0.447. The molecule has 0 amide bonds. The molecule has 6 nitrogen and oxygen atoms in total. The van der Waals surface area contributed by atoms with Crippen LogP contribution < -0.4 is 0 Å². The van der Waals surface area contributed by atoms with Crippen molar-refractivity contribution in [3.8, 4) is 0 Å². The van der Waals surface area contributed by atoms with Crippen LogP contribution >= 0.6 is 0 Å².